The molecule has 0 atom stereocenters. The van der Waals surface area contributed by atoms with Crippen LogP contribution in [-0.2, 0) is 11.3 Å². The van der Waals surface area contributed by atoms with Crippen LogP contribution in [0.2, 0.25) is 0 Å². The molecule has 2 aromatic heterocycles. The summed E-state index contributed by atoms with van der Waals surface area (Å²) in [6, 6.07) is 21.6. The Hall–Kier alpha value is -4.52. The van der Waals surface area contributed by atoms with Crippen molar-refractivity contribution in [3.63, 3.8) is 0 Å². The highest BCUT2D eigenvalue weighted by Crippen LogP contribution is 2.23. The molecule has 1 saturated heterocycles. The molecule has 186 valence electrons. The maximum Gasteiger partial charge on any atom is 0.253 e. The fraction of sp³-hybridized carbons (Fsp3) is 0.200. The van der Waals surface area contributed by atoms with E-state index in [1.165, 1.54) is 0 Å². The zero-order valence-corrected chi connectivity index (χ0v) is 20.8. The molecule has 4 aromatic rings. The summed E-state index contributed by atoms with van der Waals surface area (Å²) in [5.41, 5.74) is 5.47. The van der Waals surface area contributed by atoms with E-state index >= 15 is 0 Å². The van der Waals surface area contributed by atoms with Crippen LogP contribution in [0.5, 0.6) is 0 Å². The standard InChI is InChI=1S/C30H29N5O2/c1-23-9-11-25(12-10-23)30(37)34-18-16-33(17-19-34)28(36)14-13-27-22-35(21-24-6-3-2-4-7-24)32-29(27)26-8-5-15-31-20-26/h2-15,20,22H,16-19,21H2,1H3/b14-13+. The fourth-order valence-corrected chi connectivity index (χ4v) is 4.41. The number of amides is 2. The first-order valence-corrected chi connectivity index (χ1v) is 12.4. The number of aryl methyl sites for hydroxylation is 1. The van der Waals surface area contributed by atoms with E-state index in [9.17, 15) is 9.59 Å². The van der Waals surface area contributed by atoms with Crippen molar-refractivity contribution >= 4 is 17.9 Å². The average Bonchev–Trinajstić information content (AvgIpc) is 3.35. The summed E-state index contributed by atoms with van der Waals surface area (Å²) in [4.78, 5) is 33.6. The van der Waals surface area contributed by atoms with Crippen LogP contribution in [-0.4, -0.2) is 62.6 Å². The zero-order chi connectivity index (χ0) is 25.6. The molecule has 2 amide bonds. The van der Waals surface area contributed by atoms with Crippen molar-refractivity contribution in [1.29, 1.82) is 0 Å². The zero-order valence-electron chi connectivity index (χ0n) is 20.8. The Labute approximate surface area is 216 Å². The van der Waals surface area contributed by atoms with Crippen LogP contribution in [0.25, 0.3) is 17.3 Å². The quantitative estimate of drug-likeness (QED) is 0.377. The third-order valence-corrected chi connectivity index (χ3v) is 6.49. The van der Waals surface area contributed by atoms with E-state index in [1.54, 1.807) is 23.4 Å². The van der Waals surface area contributed by atoms with Crippen molar-refractivity contribution in [2.24, 2.45) is 0 Å². The maximum absolute atomic E-state index is 13.0. The summed E-state index contributed by atoms with van der Waals surface area (Å²) in [6.45, 7) is 4.67. The molecule has 7 heteroatoms. The number of carbonyl (C=O) groups is 2. The van der Waals surface area contributed by atoms with Crippen LogP contribution < -0.4 is 0 Å². The van der Waals surface area contributed by atoms with Crippen molar-refractivity contribution < 1.29 is 9.59 Å². The molecule has 0 unspecified atom stereocenters. The van der Waals surface area contributed by atoms with Gasteiger partial charge < -0.3 is 9.80 Å². The molecule has 1 fully saturated rings. The average molecular weight is 492 g/mol. The fourth-order valence-electron chi connectivity index (χ4n) is 4.41. The van der Waals surface area contributed by atoms with Gasteiger partial charge in [0.1, 0.15) is 5.69 Å². The minimum absolute atomic E-state index is 0.00887. The maximum atomic E-state index is 13.0. The van der Waals surface area contributed by atoms with Crippen LogP contribution in [0.15, 0.2) is 91.4 Å². The van der Waals surface area contributed by atoms with Crippen LogP contribution in [0.1, 0.15) is 27.0 Å². The van der Waals surface area contributed by atoms with E-state index in [2.05, 4.69) is 17.1 Å². The normalized spacial score (nSPS) is 13.8. The molecular formula is C30H29N5O2. The summed E-state index contributed by atoms with van der Waals surface area (Å²) in [7, 11) is 0. The number of hydrogen-bond acceptors (Lipinski definition) is 4. The molecule has 0 N–H and O–H groups in total. The second kappa shape index (κ2) is 11.0. The van der Waals surface area contributed by atoms with Gasteiger partial charge in [-0.15, -0.1) is 0 Å². The van der Waals surface area contributed by atoms with Crippen molar-refractivity contribution in [1.82, 2.24) is 24.6 Å². The highest BCUT2D eigenvalue weighted by Gasteiger charge is 2.24. The summed E-state index contributed by atoms with van der Waals surface area (Å²) < 4.78 is 1.89. The second-order valence-corrected chi connectivity index (χ2v) is 9.17. The number of rotatable bonds is 6. The Balaban J connectivity index is 1.27. The molecule has 0 aliphatic carbocycles. The van der Waals surface area contributed by atoms with Crippen molar-refractivity contribution in [3.8, 4) is 11.3 Å². The molecule has 3 heterocycles. The predicted octanol–water partition coefficient (Wildman–Crippen LogP) is 4.30. The third kappa shape index (κ3) is 5.83. The van der Waals surface area contributed by atoms with Crippen molar-refractivity contribution in [2.45, 2.75) is 13.5 Å². The van der Waals surface area contributed by atoms with Crippen LogP contribution in [0, 0.1) is 6.92 Å². The Morgan fingerprint density at radius 3 is 2.32 bits per heavy atom. The Bertz CT molecular complexity index is 1390. The van der Waals surface area contributed by atoms with Gasteiger partial charge in [0.2, 0.25) is 5.91 Å². The lowest BCUT2D eigenvalue weighted by atomic mass is 10.1. The minimum atomic E-state index is -0.0737. The molecule has 7 nitrogen and oxygen atoms in total. The highest BCUT2D eigenvalue weighted by molar-refractivity contribution is 5.95. The molecule has 0 saturated carbocycles. The molecule has 0 bridgehead atoms. The Morgan fingerprint density at radius 2 is 1.62 bits per heavy atom. The minimum Gasteiger partial charge on any atom is -0.336 e. The lowest BCUT2D eigenvalue weighted by molar-refractivity contribution is -0.127. The summed E-state index contributed by atoms with van der Waals surface area (Å²) >= 11 is 0. The molecule has 0 radical (unpaired) electrons. The first kappa shape index (κ1) is 24.2. The molecule has 2 aromatic carbocycles. The molecule has 0 spiro atoms. The van der Waals surface area contributed by atoms with Gasteiger partial charge >= 0.3 is 0 Å². The number of aromatic nitrogens is 3. The largest absolute Gasteiger partial charge is 0.336 e. The van der Waals surface area contributed by atoms with E-state index < -0.39 is 0 Å². The van der Waals surface area contributed by atoms with Gasteiger partial charge in [-0.2, -0.15) is 5.10 Å². The van der Waals surface area contributed by atoms with Gasteiger partial charge in [-0.25, -0.2) is 0 Å². The van der Waals surface area contributed by atoms with Gasteiger partial charge in [0.25, 0.3) is 5.91 Å². The number of hydrogen-bond donors (Lipinski definition) is 0. The number of carbonyl (C=O) groups excluding carboxylic acids is 2. The van der Waals surface area contributed by atoms with Gasteiger partial charge in [-0.3, -0.25) is 19.3 Å². The Kier molecular flexibility index (Phi) is 7.21. The third-order valence-electron chi connectivity index (χ3n) is 6.49. The van der Waals surface area contributed by atoms with E-state index in [-0.39, 0.29) is 11.8 Å². The monoisotopic (exact) mass is 491 g/mol. The van der Waals surface area contributed by atoms with Crippen molar-refractivity contribution in [3.05, 3.63) is 114 Å². The highest BCUT2D eigenvalue weighted by atomic mass is 16.2. The smallest absolute Gasteiger partial charge is 0.253 e. The molecule has 37 heavy (non-hydrogen) atoms. The molecule has 1 aliphatic rings. The van der Waals surface area contributed by atoms with E-state index in [4.69, 9.17) is 5.10 Å². The SMILES string of the molecule is Cc1ccc(C(=O)N2CCN(C(=O)/C=C/c3cn(Cc4ccccc4)nc3-c3cccnc3)CC2)cc1. The number of piperazine rings is 1. The topological polar surface area (TPSA) is 71.3 Å². The van der Waals surface area contributed by atoms with E-state index in [1.807, 2.05) is 83.4 Å². The van der Waals surface area contributed by atoms with Crippen LogP contribution in [0.3, 0.4) is 0 Å². The van der Waals surface area contributed by atoms with Crippen LogP contribution in [0.4, 0.5) is 0 Å². The van der Waals surface area contributed by atoms with E-state index in [0.717, 1.165) is 27.9 Å². The molecule has 5 rings (SSSR count). The molecule has 1 aliphatic heterocycles. The lowest BCUT2D eigenvalue weighted by Crippen LogP contribution is -2.50. The predicted molar refractivity (Wildman–Crippen MR) is 144 cm³/mol. The summed E-state index contributed by atoms with van der Waals surface area (Å²) in [5.74, 6) is -0.0648. The molecular weight excluding hydrogens is 462 g/mol. The van der Waals surface area contributed by atoms with Crippen LogP contribution >= 0.6 is 0 Å². The van der Waals surface area contributed by atoms with E-state index in [0.29, 0.717) is 38.3 Å². The van der Waals surface area contributed by atoms with Gasteiger partial charge in [0.05, 0.1) is 6.54 Å². The van der Waals surface area contributed by atoms with Gasteiger partial charge in [0, 0.05) is 67.5 Å². The van der Waals surface area contributed by atoms with Gasteiger partial charge in [-0.1, -0.05) is 48.0 Å². The Morgan fingerprint density at radius 1 is 0.892 bits per heavy atom. The van der Waals surface area contributed by atoms with Crippen molar-refractivity contribution in [2.75, 3.05) is 26.2 Å². The second-order valence-electron chi connectivity index (χ2n) is 9.17. The number of benzene rings is 2. The summed E-state index contributed by atoms with van der Waals surface area (Å²) in [5, 5.41) is 4.79. The first-order chi connectivity index (χ1) is 18.1. The number of nitrogens with zero attached hydrogens (tertiary/aromatic N) is 5. The first-order valence-electron chi connectivity index (χ1n) is 12.4. The summed E-state index contributed by atoms with van der Waals surface area (Å²) in [6.07, 6.45) is 8.88. The number of pyridine rings is 1. The van der Waals surface area contributed by atoms with Gasteiger partial charge in [0.15, 0.2) is 0 Å². The lowest BCUT2D eigenvalue weighted by Gasteiger charge is -2.34. The van der Waals surface area contributed by atoms with Gasteiger partial charge in [-0.05, 0) is 42.8 Å².